The van der Waals surface area contributed by atoms with Gasteiger partial charge in [-0.25, -0.2) is 0 Å². The third kappa shape index (κ3) is 4.17. The molecule has 2 aromatic carbocycles. The number of benzene rings is 2. The molecule has 30 heavy (non-hydrogen) atoms. The van der Waals surface area contributed by atoms with Gasteiger partial charge in [0.25, 0.3) is 0 Å². The molecule has 6 heteroatoms. The zero-order valence-corrected chi connectivity index (χ0v) is 16.9. The SMILES string of the molecule is CCn1c2ccccc2c2cc(NC(=O)CCC(=O)NCc3ccccn3)ccc21. The van der Waals surface area contributed by atoms with Gasteiger partial charge >= 0.3 is 0 Å². The van der Waals surface area contributed by atoms with Crippen molar-refractivity contribution in [2.75, 3.05) is 5.32 Å². The average molecular weight is 400 g/mol. The Bertz CT molecular complexity index is 1200. The molecule has 152 valence electrons. The highest BCUT2D eigenvalue weighted by atomic mass is 16.2. The molecule has 0 unspecified atom stereocenters. The lowest BCUT2D eigenvalue weighted by Gasteiger charge is -2.07. The summed E-state index contributed by atoms with van der Waals surface area (Å²) in [4.78, 5) is 28.5. The second-order valence-corrected chi connectivity index (χ2v) is 7.14. The van der Waals surface area contributed by atoms with Gasteiger partial charge in [0.1, 0.15) is 0 Å². The molecule has 0 saturated heterocycles. The van der Waals surface area contributed by atoms with E-state index in [1.807, 2.05) is 48.5 Å². The maximum Gasteiger partial charge on any atom is 0.224 e. The smallest absolute Gasteiger partial charge is 0.224 e. The summed E-state index contributed by atoms with van der Waals surface area (Å²) < 4.78 is 2.27. The number of pyridine rings is 1. The molecule has 4 aromatic rings. The number of carbonyl (C=O) groups excluding carboxylic acids is 2. The van der Waals surface area contributed by atoms with Crippen LogP contribution in [0.3, 0.4) is 0 Å². The van der Waals surface area contributed by atoms with E-state index in [1.54, 1.807) is 6.20 Å². The predicted octanol–water partition coefficient (Wildman–Crippen LogP) is 4.24. The zero-order chi connectivity index (χ0) is 20.9. The Morgan fingerprint density at radius 1 is 0.900 bits per heavy atom. The van der Waals surface area contributed by atoms with Gasteiger partial charge in [0.05, 0.1) is 12.2 Å². The fourth-order valence-corrected chi connectivity index (χ4v) is 3.70. The zero-order valence-electron chi connectivity index (χ0n) is 16.9. The molecule has 6 nitrogen and oxygen atoms in total. The van der Waals surface area contributed by atoms with Crippen molar-refractivity contribution in [3.05, 3.63) is 72.6 Å². The molecular formula is C24H24N4O2. The summed E-state index contributed by atoms with van der Waals surface area (Å²) in [5.41, 5.74) is 3.85. The summed E-state index contributed by atoms with van der Waals surface area (Å²) >= 11 is 0. The number of carbonyl (C=O) groups is 2. The molecule has 0 atom stereocenters. The van der Waals surface area contributed by atoms with Crippen molar-refractivity contribution in [3.8, 4) is 0 Å². The summed E-state index contributed by atoms with van der Waals surface area (Å²) in [7, 11) is 0. The first kappa shape index (κ1) is 19.6. The quantitative estimate of drug-likeness (QED) is 0.487. The molecule has 0 spiro atoms. The van der Waals surface area contributed by atoms with Crippen LogP contribution in [-0.4, -0.2) is 21.4 Å². The highest BCUT2D eigenvalue weighted by Gasteiger charge is 2.12. The number of aryl methyl sites for hydroxylation is 1. The lowest BCUT2D eigenvalue weighted by atomic mass is 10.1. The van der Waals surface area contributed by atoms with Gasteiger partial charge in [-0.05, 0) is 43.3 Å². The number of hydrogen-bond acceptors (Lipinski definition) is 3. The average Bonchev–Trinajstić information content (AvgIpc) is 3.10. The van der Waals surface area contributed by atoms with Crippen molar-refractivity contribution in [2.45, 2.75) is 32.9 Å². The Morgan fingerprint density at radius 3 is 2.47 bits per heavy atom. The van der Waals surface area contributed by atoms with Crippen molar-refractivity contribution < 1.29 is 9.59 Å². The Kier molecular flexibility index (Phi) is 5.75. The first-order chi connectivity index (χ1) is 14.7. The Hall–Kier alpha value is -3.67. The molecule has 0 saturated carbocycles. The number of nitrogens with zero attached hydrogens (tertiary/aromatic N) is 2. The molecule has 2 aromatic heterocycles. The summed E-state index contributed by atoms with van der Waals surface area (Å²) in [5.74, 6) is -0.348. The molecule has 0 aliphatic rings. The van der Waals surface area contributed by atoms with E-state index in [2.05, 4.69) is 39.2 Å². The van der Waals surface area contributed by atoms with Crippen LogP contribution in [0.25, 0.3) is 21.8 Å². The van der Waals surface area contributed by atoms with Crippen molar-refractivity contribution in [3.63, 3.8) is 0 Å². The third-order valence-corrected chi connectivity index (χ3v) is 5.14. The van der Waals surface area contributed by atoms with Crippen LogP contribution in [0.15, 0.2) is 66.9 Å². The minimum Gasteiger partial charge on any atom is -0.350 e. The summed E-state index contributed by atoms with van der Waals surface area (Å²) in [6.07, 6.45) is 1.95. The van der Waals surface area contributed by atoms with E-state index in [0.717, 1.165) is 28.8 Å². The van der Waals surface area contributed by atoms with Crippen LogP contribution in [0.2, 0.25) is 0 Å². The van der Waals surface area contributed by atoms with Crippen molar-refractivity contribution in [1.82, 2.24) is 14.9 Å². The van der Waals surface area contributed by atoms with Crippen molar-refractivity contribution in [2.24, 2.45) is 0 Å². The second kappa shape index (κ2) is 8.78. The van der Waals surface area contributed by atoms with Crippen LogP contribution in [0.5, 0.6) is 0 Å². The van der Waals surface area contributed by atoms with E-state index >= 15 is 0 Å². The van der Waals surface area contributed by atoms with Crippen LogP contribution in [0, 0.1) is 0 Å². The highest BCUT2D eigenvalue weighted by Crippen LogP contribution is 2.31. The Labute approximate surface area is 174 Å². The Balaban J connectivity index is 1.38. The number of nitrogens with one attached hydrogen (secondary N) is 2. The largest absolute Gasteiger partial charge is 0.350 e. The van der Waals surface area contributed by atoms with E-state index in [0.29, 0.717) is 6.54 Å². The monoisotopic (exact) mass is 400 g/mol. The second-order valence-electron chi connectivity index (χ2n) is 7.14. The minimum absolute atomic E-state index is 0.128. The van der Waals surface area contributed by atoms with E-state index in [-0.39, 0.29) is 24.7 Å². The maximum absolute atomic E-state index is 12.3. The van der Waals surface area contributed by atoms with Gasteiger partial charge in [-0.2, -0.15) is 0 Å². The molecule has 0 aliphatic carbocycles. The van der Waals surface area contributed by atoms with Crippen LogP contribution in [-0.2, 0) is 22.7 Å². The number of amides is 2. The van der Waals surface area contributed by atoms with Gasteiger partial charge < -0.3 is 15.2 Å². The fraction of sp³-hybridized carbons (Fsp3) is 0.208. The summed E-state index contributed by atoms with van der Waals surface area (Å²) in [5, 5.41) is 7.98. The molecule has 2 amide bonds. The first-order valence-corrected chi connectivity index (χ1v) is 10.1. The molecule has 2 heterocycles. The van der Waals surface area contributed by atoms with E-state index < -0.39 is 0 Å². The van der Waals surface area contributed by atoms with Crippen LogP contribution in [0.4, 0.5) is 5.69 Å². The van der Waals surface area contributed by atoms with Gasteiger partial charge in [0.2, 0.25) is 11.8 Å². The van der Waals surface area contributed by atoms with Gasteiger partial charge in [-0.15, -0.1) is 0 Å². The molecule has 0 bridgehead atoms. The molecule has 4 rings (SSSR count). The van der Waals surface area contributed by atoms with Crippen LogP contribution < -0.4 is 10.6 Å². The molecule has 2 N–H and O–H groups in total. The van der Waals surface area contributed by atoms with E-state index in [9.17, 15) is 9.59 Å². The summed E-state index contributed by atoms with van der Waals surface area (Å²) in [6.45, 7) is 3.36. The van der Waals surface area contributed by atoms with Gasteiger partial charge in [0.15, 0.2) is 0 Å². The number of para-hydroxylation sites is 1. The molecule has 0 aliphatic heterocycles. The lowest BCUT2D eigenvalue weighted by molar-refractivity contribution is -0.124. The third-order valence-electron chi connectivity index (χ3n) is 5.14. The van der Waals surface area contributed by atoms with Gasteiger partial charge in [-0.1, -0.05) is 24.3 Å². The van der Waals surface area contributed by atoms with Gasteiger partial charge in [0, 0.05) is 53.1 Å². The standard InChI is InChI=1S/C24H24N4O2/c1-2-28-21-9-4-3-8-19(21)20-15-17(10-11-22(20)28)27-24(30)13-12-23(29)26-16-18-7-5-6-14-25-18/h3-11,14-15H,2,12-13,16H2,1H3,(H,26,29)(H,27,30). The lowest BCUT2D eigenvalue weighted by Crippen LogP contribution is -2.24. The highest BCUT2D eigenvalue weighted by molar-refractivity contribution is 6.09. The van der Waals surface area contributed by atoms with Crippen LogP contribution >= 0.6 is 0 Å². The predicted molar refractivity (Wildman–Crippen MR) is 119 cm³/mol. The number of aromatic nitrogens is 2. The number of hydrogen-bond donors (Lipinski definition) is 2. The minimum atomic E-state index is -0.179. The number of anilines is 1. The van der Waals surface area contributed by atoms with E-state index in [1.165, 1.54) is 10.9 Å². The number of fused-ring (bicyclic) bond motifs is 3. The first-order valence-electron chi connectivity index (χ1n) is 10.1. The maximum atomic E-state index is 12.3. The summed E-state index contributed by atoms with van der Waals surface area (Å²) in [6, 6.07) is 19.8. The van der Waals surface area contributed by atoms with Gasteiger partial charge in [-0.3, -0.25) is 14.6 Å². The fourth-order valence-electron chi connectivity index (χ4n) is 3.70. The van der Waals surface area contributed by atoms with E-state index in [4.69, 9.17) is 0 Å². The Morgan fingerprint density at radius 2 is 1.67 bits per heavy atom. The topological polar surface area (TPSA) is 76.0 Å². The van der Waals surface area contributed by atoms with Crippen molar-refractivity contribution >= 4 is 39.3 Å². The number of rotatable bonds is 7. The molecular weight excluding hydrogens is 376 g/mol. The molecule has 0 radical (unpaired) electrons. The van der Waals surface area contributed by atoms with Crippen molar-refractivity contribution in [1.29, 1.82) is 0 Å². The molecule has 0 fully saturated rings. The normalized spacial score (nSPS) is 11.0. The van der Waals surface area contributed by atoms with Crippen LogP contribution in [0.1, 0.15) is 25.5 Å².